The predicted octanol–water partition coefficient (Wildman–Crippen LogP) is 1.04. The number of carbonyl (C=O) groups is 1. The maximum atomic E-state index is 11.5. The van der Waals surface area contributed by atoms with Crippen molar-refractivity contribution in [2.45, 2.75) is 38.6 Å². The van der Waals surface area contributed by atoms with Crippen molar-refractivity contribution in [3.8, 4) is 0 Å². The van der Waals surface area contributed by atoms with Crippen LogP contribution in [-0.4, -0.2) is 42.9 Å². The summed E-state index contributed by atoms with van der Waals surface area (Å²) in [5.41, 5.74) is 0. The molecule has 15 heavy (non-hydrogen) atoms. The van der Waals surface area contributed by atoms with Gasteiger partial charge in [0.2, 0.25) is 0 Å². The highest BCUT2D eigenvalue weighted by atomic mass is 16.1. The van der Waals surface area contributed by atoms with Crippen molar-refractivity contribution in [1.29, 1.82) is 0 Å². The number of rotatable bonds is 1. The summed E-state index contributed by atoms with van der Waals surface area (Å²) in [6.45, 7) is 6.79. The first-order chi connectivity index (χ1) is 7.27. The van der Waals surface area contributed by atoms with E-state index in [2.05, 4.69) is 17.1 Å². The van der Waals surface area contributed by atoms with Crippen molar-refractivity contribution in [1.82, 2.24) is 10.2 Å². The number of hydrogen-bond acceptors (Lipinski definition) is 3. The van der Waals surface area contributed by atoms with Crippen LogP contribution in [0, 0.1) is 5.92 Å². The Morgan fingerprint density at radius 2 is 2.20 bits per heavy atom. The van der Waals surface area contributed by atoms with Gasteiger partial charge < -0.3 is 5.32 Å². The SMILES string of the molecule is CC1CCC(=O)CC1N1CCCNCC1. The van der Waals surface area contributed by atoms with Gasteiger partial charge in [0.15, 0.2) is 0 Å². The number of hydrogen-bond donors (Lipinski definition) is 1. The van der Waals surface area contributed by atoms with E-state index in [1.807, 2.05) is 0 Å². The molecule has 2 fully saturated rings. The van der Waals surface area contributed by atoms with Crippen LogP contribution in [0.1, 0.15) is 32.6 Å². The lowest BCUT2D eigenvalue weighted by Crippen LogP contribution is -2.45. The third kappa shape index (κ3) is 2.79. The molecule has 1 aliphatic carbocycles. The van der Waals surface area contributed by atoms with Crippen LogP contribution in [0.3, 0.4) is 0 Å². The van der Waals surface area contributed by atoms with Crippen molar-refractivity contribution in [2.75, 3.05) is 26.2 Å². The fourth-order valence-electron chi connectivity index (χ4n) is 2.80. The standard InChI is InChI=1S/C12H22N2O/c1-10-3-4-11(15)9-12(10)14-7-2-5-13-6-8-14/h10,12-13H,2-9H2,1H3. The summed E-state index contributed by atoms with van der Waals surface area (Å²) in [5.74, 6) is 1.16. The van der Waals surface area contributed by atoms with Gasteiger partial charge >= 0.3 is 0 Å². The third-order valence-electron chi connectivity index (χ3n) is 3.82. The van der Waals surface area contributed by atoms with Crippen LogP contribution in [0.5, 0.6) is 0 Å². The minimum absolute atomic E-state index is 0.468. The molecule has 2 aliphatic rings. The molecule has 0 radical (unpaired) electrons. The molecular formula is C12H22N2O. The zero-order valence-corrected chi connectivity index (χ0v) is 9.67. The monoisotopic (exact) mass is 210 g/mol. The normalized spacial score (nSPS) is 35.1. The fourth-order valence-corrected chi connectivity index (χ4v) is 2.80. The Morgan fingerprint density at radius 1 is 1.33 bits per heavy atom. The topological polar surface area (TPSA) is 32.3 Å². The van der Waals surface area contributed by atoms with Gasteiger partial charge in [0.05, 0.1) is 0 Å². The molecule has 1 N–H and O–H groups in total. The van der Waals surface area contributed by atoms with Gasteiger partial charge in [-0.3, -0.25) is 9.69 Å². The van der Waals surface area contributed by atoms with Crippen LogP contribution in [0.4, 0.5) is 0 Å². The molecule has 1 saturated carbocycles. The Hall–Kier alpha value is -0.410. The first kappa shape index (κ1) is 11.1. The van der Waals surface area contributed by atoms with E-state index in [1.54, 1.807) is 0 Å². The maximum absolute atomic E-state index is 11.5. The van der Waals surface area contributed by atoms with E-state index in [0.29, 0.717) is 17.7 Å². The Bertz CT molecular complexity index is 222. The molecule has 0 bridgehead atoms. The second-order valence-corrected chi connectivity index (χ2v) is 4.97. The first-order valence-electron chi connectivity index (χ1n) is 6.24. The molecule has 2 unspecified atom stereocenters. The van der Waals surface area contributed by atoms with Crippen LogP contribution >= 0.6 is 0 Å². The average molecular weight is 210 g/mol. The molecule has 0 spiro atoms. The lowest BCUT2D eigenvalue weighted by Gasteiger charge is -2.37. The van der Waals surface area contributed by atoms with E-state index in [-0.39, 0.29) is 0 Å². The molecule has 1 heterocycles. The van der Waals surface area contributed by atoms with E-state index in [0.717, 1.165) is 45.4 Å². The molecule has 2 atom stereocenters. The quantitative estimate of drug-likeness (QED) is 0.702. The summed E-state index contributed by atoms with van der Waals surface area (Å²) in [5, 5.41) is 3.42. The highest BCUT2D eigenvalue weighted by molar-refractivity contribution is 5.79. The van der Waals surface area contributed by atoms with E-state index < -0.39 is 0 Å². The largest absolute Gasteiger partial charge is 0.315 e. The van der Waals surface area contributed by atoms with E-state index in [9.17, 15) is 4.79 Å². The molecule has 0 aromatic heterocycles. The summed E-state index contributed by atoms with van der Waals surface area (Å²) in [6.07, 6.45) is 3.91. The number of Topliss-reactive ketones (excluding diaryl/α,β-unsaturated/α-hetero) is 1. The van der Waals surface area contributed by atoms with Crippen molar-refractivity contribution in [2.24, 2.45) is 5.92 Å². The Balaban J connectivity index is 1.96. The molecule has 3 nitrogen and oxygen atoms in total. The Kier molecular flexibility index (Phi) is 3.76. The Labute approximate surface area is 92.2 Å². The number of nitrogens with zero attached hydrogens (tertiary/aromatic N) is 1. The molecule has 86 valence electrons. The second-order valence-electron chi connectivity index (χ2n) is 4.97. The van der Waals surface area contributed by atoms with Crippen molar-refractivity contribution in [3.63, 3.8) is 0 Å². The number of ketones is 1. The molecule has 1 saturated heterocycles. The smallest absolute Gasteiger partial charge is 0.134 e. The van der Waals surface area contributed by atoms with Gasteiger partial charge in [-0.25, -0.2) is 0 Å². The number of carbonyl (C=O) groups excluding carboxylic acids is 1. The zero-order chi connectivity index (χ0) is 10.7. The molecule has 1 aliphatic heterocycles. The Morgan fingerprint density at radius 3 is 3.07 bits per heavy atom. The second kappa shape index (κ2) is 5.08. The van der Waals surface area contributed by atoms with Gasteiger partial charge in [-0.1, -0.05) is 6.92 Å². The summed E-state index contributed by atoms with van der Waals surface area (Å²) >= 11 is 0. The minimum atomic E-state index is 0.468. The highest BCUT2D eigenvalue weighted by Gasteiger charge is 2.30. The third-order valence-corrected chi connectivity index (χ3v) is 3.82. The molecular weight excluding hydrogens is 188 g/mol. The van der Waals surface area contributed by atoms with Crippen molar-refractivity contribution < 1.29 is 4.79 Å². The van der Waals surface area contributed by atoms with Gasteiger partial charge in [0, 0.05) is 32.0 Å². The molecule has 0 amide bonds. The highest BCUT2D eigenvalue weighted by Crippen LogP contribution is 2.26. The van der Waals surface area contributed by atoms with Crippen LogP contribution in [-0.2, 0) is 4.79 Å². The van der Waals surface area contributed by atoms with Gasteiger partial charge in [-0.05, 0) is 31.8 Å². The van der Waals surface area contributed by atoms with E-state index in [4.69, 9.17) is 0 Å². The van der Waals surface area contributed by atoms with Crippen molar-refractivity contribution in [3.05, 3.63) is 0 Å². The predicted molar refractivity (Wildman–Crippen MR) is 60.9 cm³/mol. The average Bonchev–Trinajstić information content (AvgIpc) is 2.50. The van der Waals surface area contributed by atoms with Crippen LogP contribution in [0.2, 0.25) is 0 Å². The van der Waals surface area contributed by atoms with Gasteiger partial charge in [0.1, 0.15) is 5.78 Å². The molecule has 0 aromatic carbocycles. The first-order valence-corrected chi connectivity index (χ1v) is 6.24. The summed E-state index contributed by atoms with van der Waals surface area (Å²) in [6, 6.07) is 0.520. The van der Waals surface area contributed by atoms with Gasteiger partial charge in [-0.15, -0.1) is 0 Å². The van der Waals surface area contributed by atoms with E-state index in [1.165, 1.54) is 6.42 Å². The summed E-state index contributed by atoms with van der Waals surface area (Å²) in [4.78, 5) is 14.0. The van der Waals surface area contributed by atoms with E-state index >= 15 is 0 Å². The number of nitrogens with one attached hydrogen (secondary N) is 1. The fraction of sp³-hybridized carbons (Fsp3) is 0.917. The zero-order valence-electron chi connectivity index (χ0n) is 9.67. The molecule has 2 rings (SSSR count). The summed E-state index contributed by atoms with van der Waals surface area (Å²) in [7, 11) is 0. The maximum Gasteiger partial charge on any atom is 0.134 e. The molecule has 3 heteroatoms. The summed E-state index contributed by atoms with van der Waals surface area (Å²) < 4.78 is 0. The van der Waals surface area contributed by atoms with Gasteiger partial charge in [0.25, 0.3) is 0 Å². The van der Waals surface area contributed by atoms with Crippen LogP contribution in [0.15, 0.2) is 0 Å². The van der Waals surface area contributed by atoms with Crippen LogP contribution < -0.4 is 5.32 Å². The van der Waals surface area contributed by atoms with Crippen molar-refractivity contribution >= 4 is 5.78 Å². The molecule has 0 aromatic rings. The van der Waals surface area contributed by atoms with Gasteiger partial charge in [-0.2, -0.15) is 0 Å². The minimum Gasteiger partial charge on any atom is -0.315 e. The van der Waals surface area contributed by atoms with Crippen LogP contribution in [0.25, 0.3) is 0 Å². The lowest BCUT2D eigenvalue weighted by molar-refractivity contribution is -0.123. The lowest BCUT2D eigenvalue weighted by atomic mass is 9.84.